The van der Waals surface area contributed by atoms with E-state index in [9.17, 15) is 0 Å². The zero-order valence-electron chi connectivity index (χ0n) is 6.70. The molecular formula is C7H12N4. The Bertz CT molecular complexity index is 236. The molecule has 4 N–H and O–H groups in total. The van der Waals surface area contributed by atoms with Crippen LogP contribution in [0.25, 0.3) is 0 Å². The van der Waals surface area contributed by atoms with Gasteiger partial charge < -0.3 is 16.4 Å². The molecule has 0 aromatic carbocycles. The third-order valence-electron chi connectivity index (χ3n) is 1.37. The quantitative estimate of drug-likeness (QED) is 0.607. The second-order valence-corrected chi connectivity index (χ2v) is 2.57. The number of nitrogens with zero attached hydrogens (tertiary/aromatic N) is 2. The van der Waals surface area contributed by atoms with Crippen molar-refractivity contribution in [3.05, 3.63) is 12.1 Å². The third-order valence-corrected chi connectivity index (χ3v) is 1.37. The van der Waals surface area contributed by atoms with Crippen LogP contribution in [0.4, 0.5) is 17.3 Å². The summed E-state index contributed by atoms with van der Waals surface area (Å²) in [4.78, 5) is 5.77. The number of rotatable bonds is 1. The van der Waals surface area contributed by atoms with E-state index in [1.165, 1.54) is 0 Å². The third kappa shape index (κ3) is 1.73. The fourth-order valence-corrected chi connectivity index (χ4v) is 0.817. The van der Waals surface area contributed by atoms with Crippen molar-refractivity contribution in [3.63, 3.8) is 0 Å². The molecule has 0 aliphatic rings. The van der Waals surface area contributed by atoms with Crippen LogP contribution in [-0.4, -0.2) is 19.1 Å². The number of aromatic nitrogens is 1. The van der Waals surface area contributed by atoms with Crippen molar-refractivity contribution in [3.8, 4) is 0 Å². The first-order valence-corrected chi connectivity index (χ1v) is 3.30. The lowest BCUT2D eigenvalue weighted by Crippen LogP contribution is -2.10. The molecule has 0 saturated heterocycles. The molecule has 0 atom stereocenters. The number of nitrogen functional groups attached to an aromatic ring is 2. The first kappa shape index (κ1) is 7.65. The van der Waals surface area contributed by atoms with Crippen LogP contribution in [0.15, 0.2) is 12.1 Å². The molecular weight excluding hydrogens is 140 g/mol. The highest BCUT2D eigenvalue weighted by molar-refractivity contribution is 5.57. The van der Waals surface area contributed by atoms with Crippen molar-refractivity contribution in [1.82, 2.24) is 4.98 Å². The second kappa shape index (κ2) is 2.65. The van der Waals surface area contributed by atoms with E-state index in [0.717, 1.165) is 5.69 Å². The topological polar surface area (TPSA) is 68.2 Å². The van der Waals surface area contributed by atoms with E-state index in [1.54, 1.807) is 12.1 Å². The average Bonchev–Trinajstić information content (AvgIpc) is 1.85. The second-order valence-electron chi connectivity index (χ2n) is 2.57. The molecule has 0 saturated carbocycles. The molecule has 1 aromatic rings. The van der Waals surface area contributed by atoms with E-state index < -0.39 is 0 Å². The van der Waals surface area contributed by atoms with Gasteiger partial charge in [0.05, 0.1) is 0 Å². The van der Waals surface area contributed by atoms with E-state index in [2.05, 4.69) is 4.98 Å². The smallest absolute Gasteiger partial charge is 0.127 e. The summed E-state index contributed by atoms with van der Waals surface area (Å²) >= 11 is 0. The minimum atomic E-state index is 0.453. The standard InChI is InChI=1S/C7H12N4/c1-11(2)5-3-6(8)10-7(9)4-5/h3-4H,1-2H3,(H4,8,9,10). The predicted molar refractivity (Wildman–Crippen MR) is 47.4 cm³/mol. The molecule has 0 radical (unpaired) electrons. The molecule has 0 aliphatic heterocycles. The maximum Gasteiger partial charge on any atom is 0.127 e. The van der Waals surface area contributed by atoms with Gasteiger partial charge in [-0.2, -0.15) is 0 Å². The lowest BCUT2D eigenvalue weighted by atomic mass is 10.3. The largest absolute Gasteiger partial charge is 0.384 e. The zero-order valence-corrected chi connectivity index (χ0v) is 6.70. The van der Waals surface area contributed by atoms with E-state index in [-0.39, 0.29) is 0 Å². The van der Waals surface area contributed by atoms with Crippen molar-refractivity contribution >= 4 is 17.3 Å². The molecule has 60 valence electrons. The van der Waals surface area contributed by atoms with E-state index in [0.29, 0.717) is 11.6 Å². The van der Waals surface area contributed by atoms with Crippen LogP contribution >= 0.6 is 0 Å². The van der Waals surface area contributed by atoms with Crippen LogP contribution in [-0.2, 0) is 0 Å². The highest BCUT2D eigenvalue weighted by Crippen LogP contribution is 2.16. The molecule has 0 amide bonds. The molecule has 0 unspecified atom stereocenters. The Balaban J connectivity index is 3.08. The van der Waals surface area contributed by atoms with Crippen molar-refractivity contribution < 1.29 is 0 Å². The summed E-state index contributed by atoms with van der Waals surface area (Å²) in [5.41, 5.74) is 11.9. The lowest BCUT2D eigenvalue weighted by molar-refractivity contribution is 1.12. The van der Waals surface area contributed by atoms with Crippen LogP contribution in [0.1, 0.15) is 0 Å². The van der Waals surface area contributed by atoms with Crippen molar-refractivity contribution in [2.24, 2.45) is 0 Å². The van der Waals surface area contributed by atoms with Crippen molar-refractivity contribution in [2.45, 2.75) is 0 Å². The van der Waals surface area contributed by atoms with Gasteiger partial charge in [-0.3, -0.25) is 0 Å². The summed E-state index contributed by atoms with van der Waals surface area (Å²) in [7, 11) is 3.85. The molecule has 0 bridgehead atoms. The summed E-state index contributed by atoms with van der Waals surface area (Å²) in [6, 6.07) is 3.55. The molecule has 0 spiro atoms. The van der Waals surface area contributed by atoms with Gasteiger partial charge in [-0.15, -0.1) is 0 Å². The summed E-state index contributed by atoms with van der Waals surface area (Å²) in [6.45, 7) is 0. The minimum Gasteiger partial charge on any atom is -0.384 e. The Hall–Kier alpha value is -1.45. The Morgan fingerprint density at radius 1 is 1.18 bits per heavy atom. The molecule has 1 aromatic heterocycles. The molecule has 0 fully saturated rings. The average molecular weight is 152 g/mol. The molecule has 1 heterocycles. The summed E-state index contributed by atoms with van der Waals surface area (Å²) in [5.74, 6) is 0.905. The maximum absolute atomic E-state index is 5.48. The van der Waals surface area contributed by atoms with Gasteiger partial charge in [0.25, 0.3) is 0 Å². The van der Waals surface area contributed by atoms with Gasteiger partial charge >= 0.3 is 0 Å². The summed E-state index contributed by atoms with van der Waals surface area (Å²) in [5, 5.41) is 0. The molecule has 1 rings (SSSR count). The molecule has 0 aliphatic carbocycles. The van der Waals surface area contributed by atoms with Crippen LogP contribution in [0.5, 0.6) is 0 Å². The Morgan fingerprint density at radius 2 is 1.64 bits per heavy atom. The van der Waals surface area contributed by atoms with Crippen molar-refractivity contribution in [2.75, 3.05) is 30.5 Å². The number of pyridine rings is 1. The number of hydrogen-bond acceptors (Lipinski definition) is 4. The molecule has 11 heavy (non-hydrogen) atoms. The Kier molecular flexibility index (Phi) is 1.85. The van der Waals surface area contributed by atoms with Gasteiger partial charge in [-0.05, 0) is 0 Å². The van der Waals surface area contributed by atoms with Crippen LogP contribution in [0.2, 0.25) is 0 Å². The van der Waals surface area contributed by atoms with Crippen LogP contribution in [0.3, 0.4) is 0 Å². The van der Waals surface area contributed by atoms with Crippen LogP contribution < -0.4 is 16.4 Å². The summed E-state index contributed by atoms with van der Waals surface area (Å²) in [6.07, 6.45) is 0. The van der Waals surface area contributed by atoms with E-state index in [1.807, 2.05) is 19.0 Å². The first-order chi connectivity index (χ1) is 5.09. The minimum absolute atomic E-state index is 0.453. The number of hydrogen-bond donors (Lipinski definition) is 2. The van der Waals surface area contributed by atoms with Gasteiger partial charge in [-0.25, -0.2) is 4.98 Å². The fraction of sp³-hybridized carbons (Fsp3) is 0.286. The highest BCUT2D eigenvalue weighted by Gasteiger charge is 1.98. The van der Waals surface area contributed by atoms with E-state index in [4.69, 9.17) is 11.5 Å². The zero-order chi connectivity index (χ0) is 8.43. The molecule has 4 heteroatoms. The van der Waals surface area contributed by atoms with Gasteiger partial charge in [0, 0.05) is 31.9 Å². The number of anilines is 3. The highest BCUT2D eigenvalue weighted by atomic mass is 15.1. The summed E-state index contributed by atoms with van der Waals surface area (Å²) < 4.78 is 0. The monoisotopic (exact) mass is 152 g/mol. The maximum atomic E-state index is 5.48. The Labute approximate surface area is 65.8 Å². The lowest BCUT2D eigenvalue weighted by Gasteiger charge is -2.12. The van der Waals surface area contributed by atoms with E-state index >= 15 is 0 Å². The first-order valence-electron chi connectivity index (χ1n) is 3.30. The number of nitrogens with two attached hydrogens (primary N) is 2. The Morgan fingerprint density at radius 3 is 2.00 bits per heavy atom. The van der Waals surface area contributed by atoms with Gasteiger partial charge in [0.1, 0.15) is 11.6 Å². The predicted octanol–water partition coefficient (Wildman–Crippen LogP) is 0.312. The van der Waals surface area contributed by atoms with Gasteiger partial charge in [0.2, 0.25) is 0 Å². The normalized spacial score (nSPS) is 9.64. The van der Waals surface area contributed by atoms with Gasteiger partial charge in [-0.1, -0.05) is 0 Å². The van der Waals surface area contributed by atoms with Crippen LogP contribution in [0, 0.1) is 0 Å². The SMILES string of the molecule is CN(C)c1cc(N)nc(N)c1. The van der Waals surface area contributed by atoms with Crippen molar-refractivity contribution in [1.29, 1.82) is 0 Å². The molecule has 4 nitrogen and oxygen atoms in total. The fourth-order valence-electron chi connectivity index (χ4n) is 0.817. The van der Waals surface area contributed by atoms with Gasteiger partial charge in [0.15, 0.2) is 0 Å².